The van der Waals surface area contributed by atoms with Crippen LogP contribution in [-0.4, -0.2) is 6.41 Å². The summed E-state index contributed by atoms with van der Waals surface area (Å²) in [5.41, 5.74) is 3.99. The minimum Gasteiger partial charge on any atom is -0.489 e. The highest BCUT2D eigenvalue weighted by Gasteiger charge is 2.27. The predicted octanol–water partition coefficient (Wildman–Crippen LogP) is 5.25. The van der Waals surface area contributed by atoms with Crippen LogP contribution < -0.4 is 5.32 Å². The normalized spacial score (nSPS) is 15.7. The van der Waals surface area contributed by atoms with Gasteiger partial charge in [-0.2, -0.15) is 0 Å². The number of carbonyl (C=O) groups is 1. The zero-order valence-electron chi connectivity index (χ0n) is 13.6. The van der Waals surface area contributed by atoms with E-state index in [0.717, 1.165) is 16.8 Å². The summed E-state index contributed by atoms with van der Waals surface area (Å²) in [6, 6.07) is 5.97. The van der Waals surface area contributed by atoms with Crippen LogP contribution in [0.25, 0.3) is 0 Å². The van der Waals surface area contributed by atoms with Crippen LogP contribution >= 0.6 is 11.6 Å². The molecule has 3 nitrogen and oxygen atoms in total. The lowest BCUT2D eigenvalue weighted by Crippen LogP contribution is -2.05. The highest BCUT2D eigenvalue weighted by molar-refractivity contribution is 6.29. The third kappa shape index (κ3) is 4.73. The third-order valence-corrected chi connectivity index (χ3v) is 3.95. The molecule has 1 aliphatic carbocycles. The number of nitrogens with one attached hydrogen (secondary N) is 1. The van der Waals surface area contributed by atoms with Gasteiger partial charge < -0.3 is 10.1 Å². The fraction of sp³-hybridized carbons (Fsp3) is 0.316. The van der Waals surface area contributed by atoms with Crippen molar-refractivity contribution in [3.05, 3.63) is 64.4 Å². The molecule has 0 bridgehead atoms. The Labute approximate surface area is 142 Å². The van der Waals surface area contributed by atoms with Crippen molar-refractivity contribution >= 4 is 23.7 Å². The van der Waals surface area contributed by atoms with E-state index in [9.17, 15) is 4.79 Å². The molecule has 1 N–H and O–H groups in total. The summed E-state index contributed by atoms with van der Waals surface area (Å²) >= 11 is 5.98. The average Bonchev–Trinajstić information content (AvgIpc) is 3.36. The highest BCUT2D eigenvalue weighted by Crippen LogP contribution is 2.43. The molecule has 0 spiro atoms. The van der Waals surface area contributed by atoms with Crippen molar-refractivity contribution in [1.29, 1.82) is 0 Å². The molecule has 0 aromatic heterocycles. The van der Waals surface area contributed by atoms with Crippen molar-refractivity contribution in [2.45, 2.75) is 39.2 Å². The van der Waals surface area contributed by atoms with Crippen LogP contribution in [-0.2, 0) is 16.1 Å². The molecule has 0 saturated heterocycles. The average molecular weight is 332 g/mol. The van der Waals surface area contributed by atoms with Crippen molar-refractivity contribution < 1.29 is 9.53 Å². The van der Waals surface area contributed by atoms with E-state index in [1.54, 1.807) is 19.1 Å². The van der Waals surface area contributed by atoms with Gasteiger partial charge in [-0.3, -0.25) is 4.79 Å². The maximum Gasteiger partial charge on any atom is 0.211 e. The predicted molar refractivity (Wildman–Crippen MR) is 95.4 cm³/mol. The molecule has 0 heterocycles. The largest absolute Gasteiger partial charge is 0.489 e. The van der Waals surface area contributed by atoms with Crippen LogP contribution in [0.2, 0.25) is 0 Å². The molecule has 2 rings (SSSR count). The van der Waals surface area contributed by atoms with Gasteiger partial charge in [-0.25, -0.2) is 0 Å². The number of rotatable bonds is 8. The monoisotopic (exact) mass is 331 g/mol. The number of hydrogen-bond acceptors (Lipinski definition) is 2. The van der Waals surface area contributed by atoms with E-state index in [1.165, 1.54) is 18.4 Å². The molecule has 1 saturated carbocycles. The standard InChI is InChI=1S/C19H22ClNO2/c1-4-13(2)19(10-14(3)20)23-11-17-16(15-8-9-15)6-5-7-18(17)21-12-22/h4-7,10,12,15H,1,8-9,11H2,2-3H3,(H,21,22)/b14-10+,19-13+. The Morgan fingerprint density at radius 2 is 2.17 bits per heavy atom. The number of benzene rings is 1. The first kappa shape index (κ1) is 17.4. The lowest BCUT2D eigenvalue weighted by atomic mass is 10.0. The van der Waals surface area contributed by atoms with Crippen LogP contribution in [0.5, 0.6) is 0 Å². The number of amides is 1. The van der Waals surface area contributed by atoms with E-state index in [2.05, 4.69) is 18.0 Å². The maximum atomic E-state index is 10.9. The number of hydrogen-bond donors (Lipinski definition) is 1. The van der Waals surface area contributed by atoms with E-state index in [0.29, 0.717) is 29.7 Å². The summed E-state index contributed by atoms with van der Waals surface area (Å²) in [6.07, 6.45) is 6.59. The lowest BCUT2D eigenvalue weighted by Gasteiger charge is -2.16. The van der Waals surface area contributed by atoms with Crippen LogP contribution in [0.15, 0.2) is 53.3 Å². The number of anilines is 1. The molecule has 122 valence electrons. The Kier molecular flexibility index (Phi) is 6.05. The first-order valence-electron chi connectivity index (χ1n) is 7.68. The van der Waals surface area contributed by atoms with Crippen molar-refractivity contribution in [1.82, 2.24) is 0 Å². The van der Waals surface area contributed by atoms with Gasteiger partial charge in [0.1, 0.15) is 12.4 Å². The lowest BCUT2D eigenvalue weighted by molar-refractivity contribution is -0.105. The molecule has 4 heteroatoms. The Bertz CT molecular complexity index is 653. The Morgan fingerprint density at radius 1 is 1.43 bits per heavy atom. The van der Waals surface area contributed by atoms with Gasteiger partial charge in [0.25, 0.3) is 0 Å². The summed E-state index contributed by atoms with van der Waals surface area (Å²) in [6.45, 7) is 7.89. The molecule has 0 atom stereocenters. The van der Waals surface area contributed by atoms with Gasteiger partial charge in [0.2, 0.25) is 6.41 Å². The topological polar surface area (TPSA) is 38.3 Å². The van der Waals surface area contributed by atoms with Crippen molar-refractivity contribution in [2.24, 2.45) is 0 Å². The van der Waals surface area contributed by atoms with Crippen LogP contribution in [0, 0.1) is 0 Å². The molecule has 1 amide bonds. The van der Waals surface area contributed by atoms with Crippen LogP contribution in [0.1, 0.15) is 43.7 Å². The first-order valence-corrected chi connectivity index (χ1v) is 8.06. The van der Waals surface area contributed by atoms with Gasteiger partial charge in [0.05, 0.1) is 0 Å². The first-order chi connectivity index (χ1) is 11.1. The molecule has 1 aromatic carbocycles. The Morgan fingerprint density at radius 3 is 2.74 bits per heavy atom. The highest BCUT2D eigenvalue weighted by atomic mass is 35.5. The van der Waals surface area contributed by atoms with Gasteiger partial charge in [0, 0.05) is 16.3 Å². The van der Waals surface area contributed by atoms with Gasteiger partial charge in [-0.1, -0.05) is 36.4 Å². The molecule has 1 aliphatic rings. The number of ether oxygens (including phenoxy) is 1. The minimum atomic E-state index is 0.379. The van der Waals surface area contributed by atoms with Crippen molar-refractivity contribution in [3.63, 3.8) is 0 Å². The summed E-state index contributed by atoms with van der Waals surface area (Å²) in [7, 11) is 0. The summed E-state index contributed by atoms with van der Waals surface area (Å²) < 4.78 is 5.99. The third-order valence-electron chi connectivity index (χ3n) is 3.84. The Balaban J connectivity index is 2.29. The fourth-order valence-electron chi connectivity index (χ4n) is 2.44. The zero-order chi connectivity index (χ0) is 16.8. The van der Waals surface area contributed by atoms with Crippen molar-refractivity contribution in [2.75, 3.05) is 5.32 Å². The van der Waals surface area contributed by atoms with E-state index >= 15 is 0 Å². The van der Waals surface area contributed by atoms with Crippen molar-refractivity contribution in [3.8, 4) is 0 Å². The van der Waals surface area contributed by atoms with Gasteiger partial charge >= 0.3 is 0 Å². The molecule has 23 heavy (non-hydrogen) atoms. The second kappa shape index (κ2) is 8.02. The molecular weight excluding hydrogens is 310 g/mol. The fourth-order valence-corrected chi connectivity index (χ4v) is 2.54. The zero-order valence-corrected chi connectivity index (χ0v) is 14.3. The van der Waals surface area contributed by atoms with E-state index in [4.69, 9.17) is 16.3 Å². The molecule has 0 radical (unpaired) electrons. The number of allylic oxidation sites excluding steroid dienone is 4. The summed E-state index contributed by atoms with van der Waals surface area (Å²) in [5, 5.41) is 3.41. The van der Waals surface area contributed by atoms with Crippen LogP contribution in [0.4, 0.5) is 5.69 Å². The molecule has 1 aromatic rings. The van der Waals surface area contributed by atoms with E-state index in [1.807, 2.05) is 19.1 Å². The second-order valence-corrected chi connectivity index (χ2v) is 6.28. The SMILES string of the molecule is C=C/C(C)=C(\C=C(/C)Cl)OCc1c(NC=O)cccc1C1CC1. The second-order valence-electron chi connectivity index (χ2n) is 5.68. The van der Waals surface area contributed by atoms with Gasteiger partial charge in [-0.05, 0) is 55.9 Å². The van der Waals surface area contributed by atoms with E-state index < -0.39 is 0 Å². The number of carbonyl (C=O) groups excluding carboxylic acids is 1. The quantitative estimate of drug-likeness (QED) is 0.401. The summed E-state index contributed by atoms with van der Waals surface area (Å²) in [5.74, 6) is 1.26. The minimum absolute atomic E-state index is 0.379. The van der Waals surface area contributed by atoms with Gasteiger partial charge in [0.15, 0.2) is 0 Å². The van der Waals surface area contributed by atoms with Gasteiger partial charge in [-0.15, -0.1) is 0 Å². The number of halogens is 1. The molecule has 0 aliphatic heterocycles. The Hall–Kier alpha value is -2.00. The molecular formula is C19H22ClNO2. The molecule has 0 unspecified atom stereocenters. The molecule has 1 fully saturated rings. The smallest absolute Gasteiger partial charge is 0.211 e. The maximum absolute atomic E-state index is 10.9. The van der Waals surface area contributed by atoms with E-state index in [-0.39, 0.29) is 0 Å². The summed E-state index contributed by atoms with van der Waals surface area (Å²) in [4.78, 5) is 10.9. The van der Waals surface area contributed by atoms with Crippen LogP contribution in [0.3, 0.4) is 0 Å².